The van der Waals surface area contributed by atoms with E-state index in [2.05, 4.69) is 22.0 Å². The van der Waals surface area contributed by atoms with Crippen LogP contribution < -0.4 is 15.8 Å². The number of aliphatic imine (C=N–C) groups is 1. The molecule has 0 heterocycles. The molecule has 0 aromatic heterocycles. The highest BCUT2D eigenvalue weighted by Crippen LogP contribution is 2.26. The second kappa shape index (κ2) is 9.78. The van der Waals surface area contributed by atoms with Gasteiger partial charge in [0, 0.05) is 19.1 Å². The Balaban J connectivity index is 0.00000361. The van der Waals surface area contributed by atoms with Crippen LogP contribution >= 0.6 is 24.0 Å². The fourth-order valence-corrected chi connectivity index (χ4v) is 3.21. The minimum atomic E-state index is -3.14. The van der Waals surface area contributed by atoms with Crippen molar-refractivity contribution in [2.45, 2.75) is 45.1 Å². The smallest absolute Gasteiger partial charge is 0.208 e. The molecule has 0 spiro atoms. The molecule has 0 bridgehead atoms. The molecule has 2 atom stereocenters. The Morgan fingerprint density at radius 1 is 1.40 bits per heavy atom. The van der Waals surface area contributed by atoms with Gasteiger partial charge in [0.2, 0.25) is 10.0 Å². The van der Waals surface area contributed by atoms with Gasteiger partial charge in [0.15, 0.2) is 5.96 Å². The predicted octanol–water partition coefficient (Wildman–Crippen LogP) is 1.03. The summed E-state index contributed by atoms with van der Waals surface area (Å²) in [6.45, 7) is 3.54. The summed E-state index contributed by atoms with van der Waals surface area (Å²) in [7, 11) is -3.14. The third-order valence-corrected chi connectivity index (χ3v) is 4.09. The number of sulfonamides is 1. The van der Waals surface area contributed by atoms with Gasteiger partial charge in [-0.2, -0.15) is 0 Å². The van der Waals surface area contributed by atoms with Gasteiger partial charge in [-0.25, -0.2) is 13.1 Å². The average molecular weight is 418 g/mol. The predicted molar refractivity (Wildman–Crippen MR) is 93.9 cm³/mol. The Bertz CT molecular complexity index is 400. The standard InChI is InChI=1S/C12H26N4O2S.HI/c1-3-4-8-14-12(13)15-9-10-6-5-7-11(10)16-19(2,17)18;/h10-11,16H,3-9H2,1-2H3,(H3,13,14,15);1H. The monoisotopic (exact) mass is 418 g/mol. The molecular formula is C12H27IN4O2S. The molecule has 1 rings (SSSR count). The van der Waals surface area contributed by atoms with E-state index in [1.807, 2.05) is 0 Å². The lowest BCUT2D eigenvalue weighted by atomic mass is 10.1. The largest absolute Gasteiger partial charge is 0.370 e. The van der Waals surface area contributed by atoms with E-state index in [1.54, 1.807) is 0 Å². The van der Waals surface area contributed by atoms with Crippen molar-refractivity contribution in [1.82, 2.24) is 10.0 Å². The van der Waals surface area contributed by atoms with Crippen molar-refractivity contribution in [3.63, 3.8) is 0 Å². The van der Waals surface area contributed by atoms with Crippen molar-refractivity contribution >= 4 is 40.0 Å². The second-order valence-electron chi connectivity index (χ2n) is 5.19. The number of nitrogens with one attached hydrogen (secondary N) is 2. The summed E-state index contributed by atoms with van der Waals surface area (Å²) in [6.07, 6.45) is 6.30. The minimum Gasteiger partial charge on any atom is -0.370 e. The van der Waals surface area contributed by atoms with E-state index >= 15 is 0 Å². The Kier molecular flexibility index (Phi) is 9.73. The van der Waals surface area contributed by atoms with Crippen molar-refractivity contribution < 1.29 is 8.42 Å². The lowest BCUT2D eigenvalue weighted by molar-refractivity contribution is 0.454. The number of nitrogens with zero attached hydrogens (tertiary/aromatic N) is 1. The number of rotatable bonds is 7. The van der Waals surface area contributed by atoms with E-state index in [1.165, 1.54) is 6.26 Å². The summed E-state index contributed by atoms with van der Waals surface area (Å²) in [4.78, 5) is 4.31. The average Bonchev–Trinajstić information content (AvgIpc) is 2.72. The zero-order chi connectivity index (χ0) is 14.3. The SMILES string of the molecule is CCCCNC(N)=NCC1CCCC1NS(C)(=O)=O.I. The quantitative estimate of drug-likeness (QED) is 0.249. The van der Waals surface area contributed by atoms with Crippen molar-refractivity contribution in [2.75, 3.05) is 19.3 Å². The number of nitrogens with two attached hydrogens (primary N) is 1. The molecule has 120 valence electrons. The highest BCUT2D eigenvalue weighted by Gasteiger charge is 2.29. The van der Waals surface area contributed by atoms with Gasteiger partial charge >= 0.3 is 0 Å². The zero-order valence-corrected chi connectivity index (χ0v) is 15.4. The van der Waals surface area contributed by atoms with Gasteiger partial charge in [0.1, 0.15) is 0 Å². The van der Waals surface area contributed by atoms with E-state index in [-0.39, 0.29) is 35.9 Å². The fourth-order valence-electron chi connectivity index (χ4n) is 2.35. The molecule has 0 aromatic rings. The number of hydrogen-bond donors (Lipinski definition) is 3. The van der Waals surface area contributed by atoms with Gasteiger partial charge in [0.05, 0.1) is 6.26 Å². The third-order valence-electron chi connectivity index (χ3n) is 3.36. The van der Waals surface area contributed by atoms with Crippen LogP contribution in [0, 0.1) is 5.92 Å². The Morgan fingerprint density at radius 3 is 2.70 bits per heavy atom. The Morgan fingerprint density at radius 2 is 2.10 bits per heavy atom. The summed E-state index contributed by atoms with van der Waals surface area (Å²) in [5.41, 5.74) is 5.77. The van der Waals surface area contributed by atoms with Crippen LogP contribution in [-0.4, -0.2) is 39.8 Å². The normalized spacial score (nSPS) is 23.4. The maximum atomic E-state index is 11.3. The van der Waals surface area contributed by atoms with Crippen molar-refractivity contribution in [3.05, 3.63) is 0 Å². The van der Waals surface area contributed by atoms with Crippen LogP contribution in [0.15, 0.2) is 4.99 Å². The topological polar surface area (TPSA) is 96.6 Å². The van der Waals surface area contributed by atoms with Crippen molar-refractivity contribution in [1.29, 1.82) is 0 Å². The molecule has 1 saturated carbocycles. The summed E-state index contributed by atoms with van der Waals surface area (Å²) < 4.78 is 25.2. The molecule has 0 aliphatic heterocycles. The van der Waals surface area contributed by atoms with E-state index in [9.17, 15) is 8.42 Å². The molecule has 20 heavy (non-hydrogen) atoms. The van der Waals surface area contributed by atoms with Crippen LogP contribution in [0.2, 0.25) is 0 Å². The fraction of sp³-hybridized carbons (Fsp3) is 0.917. The number of unbranched alkanes of at least 4 members (excludes halogenated alkanes) is 1. The molecule has 0 amide bonds. The van der Waals surface area contributed by atoms with Crippen LogP contribution in [0.4, 0.5) is 0 Å². The molecule has 1 fully saturated rings. The molecule has 0 saturated heterocycles. The minimum absolute atomic E-state index is 0. The summed E-state index contributed by atoms with van der Waals surface area (Å²) in [5.74, 6) is 0.708. The van der Waals surface area contributed by atoms with Crippen LogP contribution in [0.25, 0.3) is 0 Å². The first-order chi connectivity index (χ1) is 8.92. The molecule has 4 N–H and O–H groups in total. The van der Waals surface area contributed by atoms with Crippen LogP contribution in [0.1, 0.15) is 39.0 Å². The van der Waals surface area contributed by atoms with Crippen molar-refractivity contribution in [2.24, 2.45) is 16.6 Å². The van der Waals surface area contributed by atoms with Gasteiger partial charge in [0.25, 0.3) is 0 Å². The Labute approximate surface area is 139 Å². The number of halogens is 1. The van der Waals surface area contributed by atoms with Crippen molar-refractivity contribution in [3.8, 4) is 0 Å². The molecule has 0 aromatic carbocycles. The third kappa shape index (κ3) is 8.25. The molecule has 8 heteroatoms. The van der Waals surface area contributed by atoms with Crippen LogP contribution in [-0.2, 0) is 10.0 Å². The highest BCUT2D eigenvalue weighted by molar-refractivity contribution is 14.0. The van der Waals surface area contributed by atoms with Gasteiger partial charge in [-0.1, -0.05) is 19.8 Å². The molecular weight excluding hydrogens is 391 g/mol. The van der Waals surface area contributed by atoms with Gasteiger partial charge in [-0.15, -0.1) is 24.0 Å². The second-order valence-corrected chi connectivity index (χ2v) is 6.97. The van der Waals surface area contributed by atoms with Gasteiger partial charge in [-0.05, 0) is 25.2 Å². The lowest BCUT2D eigenvalue weighted by Gasteiger charge is -2.18. The summed E-state index contributed by atoms with van der Waals surface area (Å²) >= 11 is 0. The van der Waals surface area contributed by atoms with Gasteiger partial charge in [-0.3, -0.25) is 4.99 Å². The maximum Gasteiger partial charge on any atom is 0.208 e. The first kappa shape index (κ1) is 19.9. The van der Waals surface area contributed by atoms with E-state index < -0.39 is 10.0 Å². The zero-order valence-electron chi connectivity index (χ0n) is 12.3. The van der Waals surface area contributed by atoms with E-state index in [4.69, 9.17) is 5.73 Å². The molecule has 1 aliphatic rings. The first-order valence-corrected chi connectivity index (χ1v) is 8.82. The van der Waals surface area contributed by atoms with Gasteiger partial charge < -0.3 is 11.1 Å². The van der Waals surface area contributed by atoms with E-state index in [0.717, 1.165) is 38.6 Å². The molecule has 6 nitrogen and oxygen atoms in total. The first-order valence-electron chi connectivity index (χ1n) is 6.93. The van der Waals surface area contributed by atoms with Crippen LogP contribution in [0.3, 0.4) is 0 Å². The number of guanidine groups is 1. The lowest BCUT2D eigenvalue weighted by Crippen LogP contribution is -2.38. The molecule has 2 unspecified atom stereocenters. The highest BCUT2D eigenvalue weighted by atomic mass is 127. The number of hydrogen-bond acceptors (Lipinski definition) is 3. The summed E-state index contributed by atoms with van der Waals surface area (Å²) in [5, 5.41) is 3.06. The maximum absolute atomic E-state index is 11.3. The molecule has 0 radical (unpaired) electrons. The summed E-state index contributed by atoms with van der Waals surface area (Å²) in [6, 6.07) is 0.00203. The Hall–Kier alpha value is -0.0900. The van der Waals surface area contributed by atoms with Crippen LogP contribution in [0.5, 0.6) is 0 Å². The molecule has 1 aliphatic carbocycles. The van der Waals surface area contributed by atoms with E-state index in [0.29, 0.717) is 12.5 Å².